The standard InChI is InChI=1S/C11H9Cl2NO.ClH/c1-14-6-7(5-12)11(15)9-4-8(13)2-3-10(9)14;/h2-4,6H,5H2,1H3;1H. The molecule has 0 N–H and O–H groups in total. The summed E-state index contributed by atoms with van der Waals surface area (Å²) in [6.45, 7) is 0. The van der Waals surface area contributed by atoms with E-state index in [9.17, 15) is 4.79 Å². The van der Waals surface area contributed by atoms with Gasteiger partial charge in [0.05, 0.1) is 11.4 Å². The van der Waals surface area contributed by atoms with Crippen LogP contribution in [-0.4, -0.2) is 4.57 Å². The molecule has 86 valence electrons. The van der Waals surface area contributed by atoms with Gasteiger partial charge in [0.1, 0.15) is 0 Å². The molecular weight excluding hydrogens is 268 g/mol. The Kier molecular flexibility index (Phi) is 4.25. The summed E-state index contributed by atoms with van der Waals surface area (Å²) in [7, 11) is 1.88. The number of hydrogen-bond donors (Lipinski definition) is 0. The topological polar surface area (TPSA) is 22.0 Å². The zero-order valence-corrected chi connectivity index (χ0v) is 10.9. The van der Waals surface area contributed by atoms with E-state index in [4.69, 9.17) is 23.2 Å². The second kappa shape index (κ2) is 5.09. The van der Waals surface area contributed by atoms with Gasteiger partial charge in [-0.05, 0) is 18.2 Å². The number of fused-ring (bicyclic) bond motifs is 1. The van der Waals surface area contributed by atoms with Crippen LogP contribution in [0.3, 0.4) is 0 Å². The van der Waals surface area contributed by atoms with Crippen molar-refractivity contribution in [1.29, 1.82) is 0 Å². The molecule has 0 saturated heterocycles. The highest BCUT2D eigenvalue weighted by Gasteiger charge is 2.06. The van der Waals surface area contributed by atoms with Gasteiger partial charge in [0.2, 0.25) is 0 Å². The van der Waals surface area contributed by atoms with Crippen LogP contribution < -0.4 is 5.43 Å². The first-order chi connectivity index (χ1) is 7.13. The van der Waals surface area contributed by atoms with Gasteiger partial charge in [0.25, 0.3) is 0 Å². The van der Waals surface area contributed by atoms with Gasteiger partial charge in [-0.2, -0.15) is 0 Å². The third-order valence-electron chi connectivity index (χ3n) is 2.37. The summed E-state index contributed by atoms with van der Waals surface area (Å²) in [5, 5.41) is 1.18. The van der Waals surface area contributed by atoms with Crippen molar-refractivity contribution in [3.8, 4) is 0 Å². The number of rotatable bonds is 1. The van der Waals surface area contributed by atoms with Crippen molar-refractivity contribution in [3.63, 3.8) is 0 Å². The van der Waals surface area contributed by atoms with Crippen molar-refractivity contribution in [2.45, 2.75) is 5.88 Å². The average Bonchev–Trinajstić information content (AvgIpc) is 2.23. The van der Waals surface area contributed by atoms with Crippen LogP contribution in [-0.2, 0) is 12.9 Å². The molecule has 1 aromatic heterocycles. The Hall–Kier alpha value is -0.700. The molecule has 0 aliphatic carbocycles. The van der Waals surface area contributed by atoms with Crippen molar-refractivity contribution >= 4 is 46.5 Å². The molecule has 0 atom stereocenters. The summed E-state index contributed by atoms with van der Waals surface area (Å²) < 4.78 is 1.88. The van der Waals surface area contributed by atoms with Crippen molar-refractivity contribution in [1.82, 2.24) is 4.57 Å². The minimum Gasteiger partial charge on any atom is -0.350 e. The van der Waals surface area contributed by atoms with E-state index in [2.05, 4.69) is 0 Å². The van der Waals surface area contributed by atoms with Crippen LogP contribution in [0.25, 0.3) is 10.9 Å². The Morgan fingerprint density at radius 1 is 1.38 bits per heavy atom. The van der Waals surface area contributed by atoms with Crippen LogP contribution in [0.2, 0.25) is 5.02 Å². The zero-order chi connectivity index (χ0) is 11.0. The molecule has 0 spiro atoms. The maximum absolute atomic E-state index is 11.9. The number of aromatic nitrogens is 1. The molecule has 16 heavy (non-hydrogen) atoms. The minimum absolute atomic E-state index is 0. The molecule has 2 aromatic rings. The van der Waals surface area contributed by atoms with Crippen LogP contribution in [0.15, 0.2) is 29.2 Å². The number of alkyl halides is 1. The summed E-state index contributed by atoms with van der Waals surface area (Å²) in [4.78, 5) is 11.9. The van der Waals surface area contributed by atoms with Gasteiger partial charge < -0.3 is 4.57 Å². The molecule has 5 heteroatoms. The van der Waals surface area contributed by atoms with E-state index >= 15 is 0 Å². The lowest BCUT2D eigenvalue weighted by molar-refractivity contribution is 0.936. The molecule has 1 aromatic carbocycles. The van der Waals surface area contributed by atoms with Gasteiger partial charge in [0, 0.05) is 29.2 Å². The first kappa shape index (κ1) is 13.4. The lowest BCUT2D eigenvalue weighted by Gasteiger charge is -2.07. The van der Waals surface area contributed by atoms with Gasteiger partial charge in [-0.25, -0.2) is 0 Å². The Balaban J connectivity index is 0.00000128. The number of pyridine rings is 1. The van der Waals surface area contributed by atoms with Crippen molar-refractivity contribution in [2.75, 3.05) is 0 Å². The van der Waals surface area contributed by atoms with Crippen LogP contribution in [0.1, 0.15) is 5.56 Å². The number of halogens is 3. The molecule has 1 heterocycles. The SMILES string of the molecule is Cl.Cn1cc(CCl)c(=O)c2cc(Cl)ccc21. The fraction of sp³-hybridized carbons (Fsp3) is 0.182. The smallest absolute Gasteiger partial charge is 0.193 e. The van der Waals surface area contributed by atoms with Crippen LogP contribution >= 0.6 is 35.6 Å². The Morgan fingerprint density at radius 2 is 2.06 bits per heavy atom. The molecule has 0 aliphatic rings. The number of aryl methyl sites for hydroxylation is 1. The summed E-state index contributed by atoms with van der Waals surface area (Å²) >= 11 is 11.6. The van der Waals surface area contributed by atoms with Crippen LogP contribution in [0.5, 0.6) is 0 Å². The summed E-state index contributed by atoms with van der Waals surface area (Å²) in [6.07, 6.45) is 1.76. The molecular formula is C11H10Cl3NO. The van der Waals surface area contributed by atoms with Crippen molar-refractivity contribution < 1.29 is 0 Å². The molecule has 0 bridgehead atoms. The average molecular weight is 279 g/mol. The third-order valence-corrected chi connectivity index (χ3v) is 2.89. The Bertz CT molecular complexity index is 577. The highest BCUT2D eigenvalue weighted by Crippen LogP contribution is 2.17. The van der Waals surface area contributed by atoms with Gasteiger partial charge in [-0.15, -0.1) is 24.0 Å². The molecule has 0 fully saturated rings. The van der Waals surface area contributed by atoms with Crippen LogP contribution in [0, 0.1) is 0 Å². The van der Waals surface area contributed by atoms with Gasteiger partial charge >= 0.3 is 0 Å². The van der Waals surface area contributed by atoms with Gasteiger partial charge in [0.15, 0.2) is 5.43 Å². The fourth-order valence-corrected chi connectivity index (χ4v) is 1.99. The summed E-state index contributed by atoms with van der Waals surface area (Å²) in [6, 6.07) is 5.27. The van der Waals surface area contributed by atoms with Crippen LogP contribution in [0.4, 0.5) is 0 Å². The maximum atomic E-state index is 11.9. The molecule has 2 rings (SSSR count). The van der Waals surface area contributed by atoms with E-state index < -0.39 is 0 Å². The largest absolute Gasteiger partial charge is 0.350 e. The second-order valence-corrected chi connectivity index (χ2v) is 4.09. The first-order valence-corrected chi connectivity index (χ1v) is 5.38. The van der Waals surface area contributed by atoms with Crippen molar-refractivity contribution in [2.24, 2.45) is 7.05 Å². The predicted molar refractivity (Wildman–Crippen MR) is 71.0 cm³/mol. The van der Waals surface area contributed by atoms with E-state index in [1.54, 1.807) is 18.3 Å². The second-order valence-electron chi connectivity index (χ2n) is 3.39. The zero-order valence-electron chi connectivity index (χ0n) is 8.54. The lowest BCUT2D eigenvalue weighted by atomic mass is 10.1. The number of hydrogen-bond acceptors (Lipinski definition) is 1. The molecule has 0 amide bonds. The van der Waals surface area contributed by atoms with Crippen molar-refractivity contribution in [3.05, 3.63) is 45.2 Å². The van der Waals surface area contributed by atoms with E-state index in [-0.39, 0.29) is 23.7 Å². The molecule has 2 nitrogen and oxygen atoms in total. The first-order valence-electron chi connectivity index (χ1n) is 4.47. The highest BCUT2D eigenvalue weighted by atomic mass is 35.5. The maximum Gasteiger partial charge on any atom is 0.193 e. The van der Waals surface area contributed by atoms with Gasteiger partial charge in [-0.3, -0.25) is 4.79 Å². The molecule has 0 aliphatic heterocycles. The molecule has 0 unspecified atom stereocenters. The highest BCUT2D eigenvalue weighted by molar-refractivity contribution is 6.31. The third kappa shape index (κ3) is 2.19. The van der Waals surface area contributed by atoms with Gasteiger partial charge in [-0.1, -0.05) is 11.6 Å². The fourth-order valence-electron chi connectivity index (χ4n) is 1.63. The molecule has 0 radical (unpaired) electrons. The van der Waals surface area contributed by atoms with E-state index in [1.807, 2.05) is 17.7 Å². The normalized spacial score (nSPS) is 10.2. The van der Waals surface area contributed by atoms with E-state index in [0.29, 0.717) is 16.0 Å². The Morgan fingerprint density at radius 3 is 2.69 bits per heavy atom. The number of benzene rings is 1. The molecule has 0 saturated carbocycles. The summed E-state index contributed by atoms with van der Waals surface area (Å²) in [5.74, 6) is 0.217. The monoisotopic (exact) mass is 277 g/mol. The Labute approximate surface area is 109 Å². The number of nitrogens with zero attached hydrogens (tertiary/aromatic N) is 1. The van der Waals surface area contributed by atoms with E-state index in [0.717, 1.165) is 5.52 Å². The minimum atomic E-state index is -0.0411. The predicted octanol–water partition coefficient (Wildman–Crippen LogP) is 3.35. The van der Waals surface area contributed by atoms with E-state index in [1.165, 1.54) is 0 Å². The quantitative estimate of drug-likeness (QED) is 0.733. The lowest BCUT2D eigenvalue weighted by Crippen LogP contribution is -2.11. The summed E-state index contributed by atoms with van der Waals surface area (Å²) in [5.41, 5.74) is 1.41.